The first-order valence-corrected chi connectivity index (χ1v) is 11.5. The van der Waals surface area contributed by atoms with E-state index in [-0.39, 0.29) is 5.41 Å². The maximum atomic E-state index is 6.93. The highest BCUT2D eigenvalue weighted by molar-refractivity contribution is 6.33. The van der Waals surface area contributed by atoms with Gasteiger partial charge in [-0.2, -0.15) is 0 Å². The van der Waals surface area contributed by atoms with Crippen LogP contribution in [0.15, 0.2) is 72.8 Å². The summed E-state index contributed by atoms with van der Waals surface area (Å²) in [6, 6.07) is 25.8. The molecule has 152 valence electrons. The molecule has 0 radical (unpaired) electrons. The lowest BCUT2D eigenvalue weighted by atomic mass is 9.72. The second-order valence-electron chi connectivity index (χ2n) is 9.19. The fourth-order valence-electron chi connectivity index (χ4n) is 5.84. The van der Waals surface area contributed by atoms with Gasteiger partial charge in [0.15, 0.2) is 0 Å². The first kappa shape index (κ1) is 19.2. The van der Waals surface area contributed by atoms with Crippen molar-refractivity contribution in [2.45, 2.75) is 32.1 Å². The molecule has 0 amide bonds. The van der Waals surface area contributed by atoms with Crippen LogP contribution in [-0.2, 0) is 18.3 Å². The van der Waals surface area contributed by atoms with E-state index in [0.717, 1.165) is 22.9 Å². The van der Waals surface area contributed by atoms with Gasteiger partial charge in [0, 0.05) is 15.5 Å². The Morgan fingerprint density at radius 3 is 1.42 bits per heavy atom. The predicted octanol–water partition coefficient (Wildman–Crippen LogP) is 8.46. The van der Waals surface area contributed by atoms with Crippen LogP contribution in [0.1, 0.15) is 47.2 Å². The molecule has 0 saturated carbocycles. The summed E-state index contributed by atoms with van der Waals surface area (Å²) >= 11 is 13.9. The minimum absolute atomic E-state index is 0.324. The van der Waals surface area contributed by atoms with Crippen LogP contribution in [0.2, 0.25) is 10.0 Å². The lowest BCUT2D eigenvalue weighted by Gasteiger charge is -2.32. The molecule has 4 aromatic carbocycles. The van der Waals surface area contributed by atoms with E-state index in [1.165, 1.54) is 55.6 Å². The maximum Gasteiger partial charge on any atom is 0.0450 e. The molecule has 2 aliphatic rings. The normalized spacial score (nSPS) is 13.5. The molecule has 6 rings (SSSR count). The Labute approximate surface area is 193 Å². The molecule has 2 heteroatoms. The van der Waals surface area contributed by atoms with Gasteiger partial charge in [-0.1, -0.05) is 97.7 Å². The van der Waals surface area contributed by atoms with E-state index in [4.69, 9.17) is 23.2 Å². The van der Waals surface area contributed by atoms with Gasteiger partial charge in [0.1, 0.15) is 0 Å². The number of halogens is 2. The fraction of sp³-hybridized carbons (Fsp3) is 0.172. The van der Waals surface area contributed by atoms with Crippen LogP contribution in [0, 0.1) is 0 Å². The third-order valence-electron chi connectivity index (χ3n) is 7.12. The molecule has 0 nitrogen and oxygen atoms in total. The molecule has 0 atom stereocenters. The summed E-state index contributed by atoms with van der Waals surface area (Å²) in [5.41, 5.74) is 12.7. The molecule has 31 heavy (non-hydrogen) atoms. The molecule has 0 heterocycles. The molecular formula is C29H22Cl2. The third kappa shape index (κ3) is 2.68. The molecule has 0 saturated heterocycles. The minimum atomic E-state index is -0.324. The molecular weight excluding hydrogens is 419 g/mol. The number of hydrogen-bond donors (Lipinski definition) is 0. The largest absolute Gasteiger partial charge is 0.0840 e. The summed E-state index contributed by atoms with van der Waals surface area (Å²) < 4.78 is 0. The predicted molar refractivity (Wildman–Crippen MR) is 132 cm³/mol. The molecule has 0 aliphatic heterocycles. The maximum absolute atomic E-state index is 6.93. The second-order valence-corrected chi connectivity index (χ2v) is 10.0. The highest BCUT2D eigenvalue weighted by Gasteiger charge is 2.37. The van der Waals surface area contributed by atoms with Gasteiger partial charge in [-0.15, -0.1) is 0 Å². The van der Waals surface area contributed by atoms with Crippen molar-refractivity contribution >= 4 is 23.2 Å². The van der Waals surface area contributed by atoms with Crippen molar-refractivity contribution in [3.05, 3.63) is 116 Å². The van der Waals surface area contributed by atoms with Crippen LogP contribution >= 0.6 is 23.2 Å². The minimum Gasteiger partial charge on any atom is -0.0840 e. The van der Waals surface area contributed by atoms with Gasteiger partial charge in [-0.05, 0) is 80.6 Å². The lowest BCUT2D eigenvalue weighted by molar-refractivity contribution is 0.629. The van der Waals surface area contributed by atoms with Crippen molar-refractivity contribution in [3.63, 3.8) is 0 Å². The highest BCUT2D eigenvalue weighted by atomic mass is 35.5. The molecule has 2 aliphatic carbocycles. The van der Waals surface area contributed by atoms with Crippen LogP contribution in [-0.4, -0.2) is 0 Å². The van der Waals surface area contributed by atoms with Crippen molar-refractivity contribution in [1.82, 2.24) is 0 Å². The summed E-state index contributed by atoms with van der Waals surface area (Å²) in [7, 11) is 0. The van der Waals surface area contributed by atoms with Crippen LogP contribution < -0.4 is 0 Å². The zero-order valence-electron chi connectivity index (χ0n) is 17.6. The number of rotatable bonds is 2. The average molecular weight is 441 g/mol. The highest BCUT2D eigenvalue weighted by Crippen LogP contribution is 2.51. The molecule has 0 unspecified atom stereocenters. The molecule has 0 spiro atoms. The Kier molecular flexibility index (Phi) is 4.16. The first-order chi connectivity index (χ1) is 15.0. The molecule has 0 aromatic heterocycles. The van der Waals surface area contributed by atoms with Crippen molar-refractivity contribution < 1.29 is 0 Å². The Morgan fingerprint density at radius 1 is 0.548 bits per heavy atom. The van der Waals surface area contributed by atoms with Crippen LogP contribution in [0.25, 0.3) is 22.3 Å². The Bertz CT molecular complexity index is 1270. The summed E-state index contributed by atoms with van der Waals surface area (Å²) in [5, 5.41) is 1.64. The zero-order chi connectivity index (χ0) is 21.3. The number of benzene rings is 4. The molecule has 0 bridgehead atoms. The van der Waals surface area contributed by atoms with E-state index in [0.29, 0.717) is 0 Å². The first-order valence-electron chi connectivity index (χ1n) is 10.8. The van der Waals surface area contributed by atoms with Gasteiger partial charge >= 0.3 is 0 Å². The van der Waals surface area contributed by atoms with E-state index in [2.05, 4.69) is 86.6 Å². The van der Waals surface area contributed by atoms with Crippen LogP contribution in [0.4, 0.5) is 0 Å². The second kappa shape index (κ2) is 6.73. The number of fused-ring (bicyclic) bond motifs is 6. The molecule has 0 fully saturated rings. The van der Waals surface area contributed by atoms with Crippen LogP contribution in [0.5, 0.6) is 0 Å². The van der Waals surface area contributed by atoms with E-state index in [1.807, 2.05) is 0 Å². The van der Waals surface area contributed by atoms with E-state index in [9.17, 15) is 0 Å². The third-order valence-corrected chi connectivity index (χ3v) is 7.75. The van der Waals surface area contributed by atoms with Crippen molar-refractivity contribution in [2.24, 2.45) is 0 Å². The Morgan fingerprint density at radius 2 is 0.968 bits per heavy atom. The summed E-state index contributed by atoms with van der Waals surface area (Å²) in [6.07, 6.45) is 1.83. The van der Waals surface area contributed by atoms with E-state index >= 15 is 0 Å². The van der Waals surface area contributed by atoms with Crippen molar-refractivity contribution in [1.29, 1.82) is 0 Å². The zero-order valence-corrected chi connectivity index (χ0v) is 19.1. The lowest BCUT2D eigenvalue weighted by Crippen LogP contribution is -2.24. The monoisotopic (exact) mass is 440 g/mol. The smallest absolute Gasteiger partial charge is 0.0450 e. The average Bonchev–Trinajstić information content (AvgIpc) is 3.30. The topological polar surface area (TPSA) is 0 Å². The van der Waals surface area contributed by atoms with Crippen molar-refractivity contribution in [2.75, 3.05) is 0 Å². The summed E-state index contributed by atoms with van der Waals surface area (Å²) in [6.45, 7) is 4.56. The Hall–Kier alpha value is -2.54. The van der Waals surface area contributed by atoms with Gasteiger partial charge in [0.2, 0.25) is 0 Å². The van der Waals surface area contributed by atoms with Gasteiger partial charge < -0.3 is 0 Å². The van der Waals surface area contributed by atoms with Gasteiger partial charge in [-0.3, -0.25) is 0 Å². The van der Waals surface area contributed by atoms with Gasteiger partial charge in [-0.25, -0.2) is 0 Å². The quantitative estimate of drug-likeness (QED) is 0.253. The van der Waals surface area contributed by atoms with E-state index < -0.39 is 0 Å². The van der Waals surface area contributed by atoms with E-state index in [1.54, 1.807) is 0 Å². The van der Waals surface area contributed by atoms with Gasteiger partial charge in [0.05, 0.1) is 0 Å². The van der Waals surface area contributed by atoms with Gasteiger partial charge in [0.25, 0.3) is 0 Å². The molecule has 0 N–H and O–H groups in total. The fourth-order valence-corrected chi connectivity index (χ4v) is 6.67. The SMILES string of the molecule is CC(C)(c1c(Cl)ccc2c1Cc1ccccc1-2)c1c(Cl)ccc2c1Cc1ccccc1-2. The van der Waals surface area contributed by atoms with Crippen molar-refractivity contribution in [3.8, 4) is 22.3 Å². The standard InChI is InChI=1S/C29H22Cl2/c1-29(2,27-23-15-17-7-3-5-9-19(17)21(23)11-13-25(27)30)28-24-16-18-8-4-6-10-20(18)22(24)12-14-26(28)31/h3-14H,15-16H2,1-2H3. The summed E-state index contributed by atoms with van der Waals surface area (Å²) in [4.78, 5) is 0. The van der Waals surface area contributed by atoms with Crippen LogP contribution in [0.3, 0.4) is 0 Å². The summed E-state index contributed by atoms with van der Waals surface area (Å²) in [5.74, 6) is 0. The molecule has 4 aromatic rings. The Balaban J connectivity index is 1.59. The number of hydrogen-bond acceptors (Lipinski definition) is 0.